The molecular formula is C16H13ClN2O3S. The quantitative estimate of drug-likeness (QED) is 0.783. The SMILES string of the molecule is CN1C(=O)[C@@H]2[C@H](ON(c3ccc(Cl)cc3)[C@@H]2c2cccs2)C1=O. The molecule has 5 nitrogen and oxygen atoms in total. The number of hydroxylamine groups is 1. The summed E-state index contributed by atoms with van der Waals surface area (Å²) < 4.78 is 0. The molecule has 0 spiro atoms. The Morgan fingerprint density at radius 3 is 2.52 bits per heavy atom. The first-order valence-electron chi connectivity index (χ1n) is 7.14. The Kier molecular flexibility index (Phi) is 3.41. The van der Waals surface area contributed by atoms with Gasteiger partial charge >= 0.3 is 0 Å². The number of likely N-dealkylation sites (N-methyl/N-ethyl adjacent to an activating group) is 1. The van der Waals surface area contributed by atoms with Gasteiger partial charge in [0.05, 0.1) is 5.69 Å². The van der Waals surface area contributed by atoms with Crippen molar-refractivity contribution < 1.29 is 14.4 Å². The van der Waals surface area contributed by atoms with Crippen LogP contribution < -0.4 is 5.06 Å². The summed E-state index contributed by atoms with van der Waals surface area (Å²) in [5, 5.41) is 4.24. The average molecular weight is 349 g/mol. The van der Waals surface area contributed by atoms with E-state index < -0.39 is 12.0 Å². The molecule has 0 bridgehead atoms. The molecule has 3 heterocycles. The number of carbonyl (C=O) groups is 2. The average Bonchev–Trinajstić information content (AvgIpc) is 3.24. The Balaban J connectivity index is 1.79. The maximum Gasteiger partial charge on any atom is 0.261 e. The van der Waals surface area contributed by atoms with Gasteiger partial charge in [0.25, 0.3) is 5.91 Å². The first-order valence-corrected chi connectivity index (χ1v) is 8.40. The fraction of sp³-hybridized carbons (Fsp3) is 0.250. The van der Waals surface area contributed by atoms with Gasteiger partial charge < -0.3 is 0 Å². The van der Waals surface area contributed by atoms with Crippen molar-refractivity contribution in [2.45, 2.75) is 12.1 Å². The Labute approximate surface area is 142 Å². The monoisotopic (exact) mass is 348 g/mol. The number of thiophene rings is 1. The molecule has 0 saturated carbocycles. The van der Waals surface area contributed by atoms with Crippen LogP contribution >= 0.6 is 22.9 Å². The van der Waals surface area contributed by atoms with E-state index in [2.05, 4.69) is 0 Å². The molecule has 3 atom stereocenters. The van der Waals surface area contributed by atoms with Gasteiger partial charge in [0.1, 0.15) is 12.0 Å². The fourth-order valence-corrected chi connectivity index (χ4v) is 4.09. The number of amides is 2. The van der Waals surface area contributed by atoms with Crippen molar-refractivity contribution in [3.63, 3.8) is 0 Å². The van der Waals surface area contributed by atoms with Gasteiger partial charge in [-0.3, -0.25) is 19.3 Å². The van der Waals surface area contributed by atoms with Gasteiger partial charge in [-0.05, 0) is 35.7 Å². The molecule has 0 radical (unpaired) electrons. The smallest absolute Gasteiger partial charge is 0.261 e. The first-order chi connectivity index (χ1) is 11.1. The maximum absolute atomic E-state index is 12.5. The predicted octanol–water partition coefficient (Wildman–Crippen LogP) is 2.88. The minimum Gasteiger partial charge on any atom is -0.283 e. The lowest BCUT2D eigenvalue weighted by Crippen LogP contribution is -2.34. The van der Waals surface area contributed by atoms with Gasteiger partial charge in [0.2, 0.25) is 5.91 Å². The van der Waals surface area contributed by atoms with E-state index in [1.54, 1.807) is 28.5 Å². The summed E-state index contributed by atoms with van der Waals surface area (Å²) in [5.41, 5.74) is 0.769. The summed E-state index contributed by atoms with van der Waals surface area (Å²) in [5.74, 6) is -1.02. The second-order valence-corrected chi connectivity index (χ2v) is 6.97. The molecule has 1 aromatic heterocycles. The Morgan fingerprint density at radius 1 is 1.13 bits per heavy atom. The van der Waals surface area contributed by atoms with Crippen molar-refractivity contribution >= 4 is 40.4 Å². The highest BCUT2D eigenvalue weighted by atomic mass is 35.5. The topological polar surface area (TPSA) is 49.9 Å². The van der Waals surface area contributed by atoms with E-state index in [-0.39, 0.29) is 17.9 Å². The van der Waals surface area contributed by atoms with Gasteiger partial charge in [-0.15, -0.1) is 11.3 Å². The molecule has 1 aromatic carbocycles. The van der Waals surface area contributed by atoms with Gasteiger partial charge in [-0.2, -0.15) is 0 Å². The lowest BCUT2D eigenvalue weighted by Gasteiger charge is -2.27. The third-order valence-electron chi connectivity index (χ3n) is 4.25. The number of carbonyl (C=O) groups excluding carboxylic acids is 2. The van der Waals surface area contributed by atoms with Crippen LogP contribution in [-0.2, 0) is 14.4 Å². The molecule has 4 rings (SSSR count). The number of nitrogens with zero attached hydrogens (tertiary/aromatic N) is 2. The van der Waals surface area contributed by atoms with Crippen molar-refractivity contribution in [1.29, 1.82) is 0 Å². The molecule has 2 fully saturated rings. The number of halogens is 1. The van der Waals surface area contributed by atoms with E-state index >= 15 is 0 Å². The number of hydrogen-bond donors (Lipinski definition) is 0. The molecule has 118 valence electrons. The van der Waals surface area contributed by atoms with E-state index in [0.717, 1.165) is 15.5 Å². The van der Waals surface area contributed by atoms with Gasteiger partial charge in [0.15, 0.2) is 6.10 Å². The van der Waals surface area contributed by atoms with Crippen molar-refractivity contribution in [3.05, 3.63) is 51.7 Å². The summed E-state index contributed by atoms with van der Waals surface area (Å²) in [7, 11) is 1.50. The second kappa shape index (κ2) is 5.33. The number of fused-ring (bicyclic) bond motifs is 1. The minimum atomic E-state index is -0.768. The zero-order chi connectivity index (χ0) is 16.1. The Hall–Kier alpha value is -1.89. The van der Waals surface area contributed by atoms with Crippen LogP contribution in [-0.4, -0.2) is 29.9 Å². The molecule has 2 aliphatic rings. The van der Waals surface area contributed by atoms with Crippen LogP contribution in [0.15, 0.2) is 41.8 Å². The van der Waals surface area contributed by atoms with Gasteiger partial charge in [-0.25, -0.2) is 5.06 Å². The molecule has 2 aromatic rings. The third-order valence-corrected chi connectivity index (χ3v) is 5.45. The van der Waals surface area contributed by atoms with Crippen molar-refractivity contribution in [3.8, 4) is 0 Å². The normalized spacial score (nSPS) is 27.0. The largest absolute Gasteiger partial charge is 0.283 e. The number of rotatable bonds is 2. The van der Waals surface area contributed by atoms with Crippen LogP contribution in [0.3, 0.4) is 0 Å². The van der Waals surface area contributed by atoms with Crippen molar-refractivity contribution in [1.82, 2.24) is 4.90 Å². The molecule has 0 N–H and O–H groups in total. The highest BCUT2D eigenvalue weighted by Gasteiger charge is 2.59. The van der Waals surface area contributed by atoms with Crippen molar-refractivity contribution in [2.75, 3.05) is 12.1 Å². The van der Waals surface area contributed by atoms with Crippen LogP contribution in [0, 0.1) is 5.92 Å². The van der Waals surface area contributed by atoms with E-state index in [9.17, 15) is 9.59 Å². The number of benzene rings is 1. The van der Waals surface area contributed by atoms with Crippen molar-refractivity contribution in [2.24, 2.45) is 5.92 Å². The van der Waals surface area contributed by atoms with E-state index in [1.165, 1.54) is 7.05 Å². The fourth-order valence-electron chi connectivity index (χ4n) is 3.11. The van der Waals surface area contributed by atoms with Crippen LogP contribution in [0.2, 0.25) is 5.02 Å². The van der Waals surface area contributed by atoms with E-state index in [1.807, 2.05) is 29.6 Å². The Bertz CT molecular complexity index is 762. The molecular weight excluding hydrogens is 336 g/mol. The zero-order valence-corrected chi connectivity index (χ0v) is 13.8. The molecule has 0 unspecified atom stereocenters. The second-order valence-electron chi connectivity index (χ2n) is 5.55. The summed E-state index contributed by atoms with van der Waals surface area (Å²) in [4.78, 5) is 32.8. The number of imide groups is 1. The number of anilines is 1. The number of hydrogen-bond acceptors (Lipinski definition) is 5. The molecule has 2 saturated heterocycles. The summed E-state index contributed by atoms with van der Waals surface area (Å²) >= 11 is 7.49. The van der Waals surface area contributed by atoms with Crippen LogP contribution in [0.5, 0.6) is 0 Å². The third kappa shape index (κ3) is 2.17. The zero-order valence-electron chi connectivity index (χ0n) is 12.2. The highest BCUT2D eigenvalue weighted by molar-refractivity contribution is 7.10. The Morgan fingerprint density at radius 2 is 1.87 bits per heavy atom. The predicted molar refractivity (Wildman–Crippen MR) is 87.1 cm³/mol. The summed E-state index contributed by atoms with van der Waals surface area (Å²) in [6, 6.07) is 10.7. The number of likely N-dealkylation sites (tertiary alicyclic amines) is 1. The lowest BCUT2D eigenvalue weighted by atomic mass is 9.95. The lowest BCUT2D eigenvalue weighted by molar-refractivity contribution is -0.141. The summed E-state index contributed by atoms with van der Waals surface area (Å²) in [6.45, 7) is 0. The molecule has 2 amide bonds. The van der Waals surface area contributed by atoms with Crippen LogP contribution in [0.25, 0.3) is 0 Å². The summed E-state index contributed by atoms with van der Waals surface area (Å²) in [6.07, 6.45) is -0.768. The van der Waals surface area contributed by atoms with E-state index in [4.69, 9.17) is 16.4 Å². The molecule has 2 aliphatic heterocycles. The maximum atomic E-state index is 12.5. The van der Waals surface area contributed by atoms with Crippen LogP contribution in [0.1, 0.15) is 10.9 Å². The minimum absolute atomic E-state index is 0.199. The standard InChI is InChI=1S/C16H13ClN2O3S/c1-18-15(20)12-13(11-3-2-8-23-11)19(22-14(12)16(18)21)10-6-4-9(17)5-7-10/h2-8,12-14H,1H3/t12-,13+,14-/m0/s1. The van der Waals surface area contributed by atoms with Gasteiger partial charge in [-0.1, -0.05) is 17.7 Å². The van der Waals surface area contributed by atoms with Crippen LogP contribution in [0.4, 0.5) is 5.69 Å². The molecule has 0 aliphatic carbocycles. The highest BCUT2D eigenvalue weighted by Crippen LogP contribution is 2.47. The molecule has 7 heteroatoms. The van der Waals surface area contributed by atoms with E-state index in [0.29, 0.717) is 5.02 Å². The van der Waals surface area contributed by atoms with Gasteiger partial charge in [0, 0.05) is 16.9 Å². The first kappa shape index (κ1) is 14.7. The molecule has 23 heavy (non-hydrogen) atoms.